The SMILES string of the molecule is COC1=C(C(C)=O)C(c2cccc([N+](=O)[O-])c2)OC1=O. The largest absolute Gasteiger partial charge is 0.489 e. The number of nitro benzene ring substituents is 1. The van der Waals surface area contributed by atoms with Crippen LogP contribution in [-0.4, -0.2) is 23.8 Å². The number of nitrogens with zero attached hydrogens (tertiary/aromatic N) is 1. The smallest absolute Gasteiger partial charge is 0.375 e. The van der Waals surface area contributed by atoms with Crippen molar-refractivity contribution in [1.29, 1.82) is 0 Å². The quantitative estimate of drug-likeness (QED) is 0.472. The minimum Gasteiger partial charge on any atom is -0.489 e. The summed E-state index contributed by atoms with van der Waals surface area (Å²) in [5.74, 6) is -1.30. The third kappa shape index (κ3) is 2.25. The molecule has 1 aromatic carbocycles. The predicted octanol–water partition coefficient (Wildman–Crippen LogP) is 1.68. The van der Waals surface area contributed by atoms with Crippen molar-refractivity contribution in [3.05, 3.63) is 51.3 Å². The fraction of sp³-hybridized carbons (Fsp3) is 0.231. The first-order chi connectivity index (χ1) is 9.45. The second-order valence-electron chi connectivity index (χ2n) is 4.14. The molecule has 104 valence electrons. The lowest BCUT2D eigenvalue weighted by Gasteiger charge is -2.11. The normalized spacial score (nSPS) is 17.9. The fourth-order valence-electron chi connectivity index (χ4n) is 2.02. The number of rotatable bonds is 4. The Morgan fingerprint density at radius 3 is 2.70 bits per heavy atom. The van der Waals surface area contributed by atoms with Crippen LogP contribution in [0.3, 0.4) is 0 Å². The van der Waals surface area contributed by atoms with Crippen LogP contribution in [-0.2, 0) is 19.1 Å². The second-order valence-corrected chi connectivity index (χ2v) is 4.14. The number of carbonyl (C=O) groups is 2. The van der Waals surface area contributed by atoms with Gasteiger partial charge in [0.2, 0.25) is 5.76 Å². The summed E-state index contributed by atoms with van der Waals surface area (Å²) in [7, 11) is 1.26. The molecule has 0 fully saturated rings. The van der Waals surface area contributed by atoms with E-state index in [4.69, 9.17) is 9.47 Å². The third-order valence-electron chi connectivity index (χ3n) is 2.88. The Labute approximate surface area is 113 Å². The Hall–Kier alpha value is -2.70. The number of cyclic esters (lactones) is 1. The number of nitro groups is 1. The maximum absolute atomic E-state index is 11.7. The molecule has 0 aromatic heterocycles. The molecular weight excluding hydrogens is 266 g/mol. The van der Waals surface area contributed by atoms with Crippen molar-refractivity contribution in [1.82, 2.24) is 0 Å². The molecule has 20 heavy (non-hydrogen) atoms. The summed E-state index contributed by atoms with van der Waals surface area (Å²) in [4.78, 5) is 33.5. The molecule has 1 aliphatic rings. The average Bonchev–Trinajstić information content (AvgIpc) is 2.75. The number of methoxy groups -OCH3 is 1. The van der Waals surface area contributed by atoms with Gasteiger partial charge in [-0.2, -0.15) is 0 Å². The number of ether oxygens (including phenoxy) is 2. The van der Waals surface area contributed by atoms with Crippen LogP contribution < -0.4 is 0 Å². The summed E-state index contributed by atoms with van der Waals surface area (Å²) in [5.41, 5.74) is 0.273. The number of Topliss-reactive ketones (excluding diaryl/α,β-unsaturated/α-hetero) is 1. The Balaban J connectivity index is 2.50. The molecule has 0 radical (unpaired) electrons. The van der Waals surface area contributed by atoms with Crippen LogP contribution in [0.25, 0.3) is 0 Å². The molecule has 1 heterocycles. The summed E-state index contributed by atoms with van der Waals surface area (Å²) in [6.07, 6.45) is -0.977. The summed E-state index contributed by atoms with van der Waals surface area (Å²) in [5, 5.41) is 10.8. The minimum absolute atomic E-state index is 0.0676. The summed E-state index contributed by atoms with van der Waals surface area (Å²) in [6, 6.07) is 5.59. The van der Waals surface area contributed by atoms with E-state index in [0.29, 0.717) is 5.56 Å². The van der Waals surface area contributed by atoms with E-state index < -0.39 is 17.0 Å². The van der Waals surface area contributed by atoms with Gasteiger partial charge in [-0.1, -0.05) is 12.1 Å². The molecule has 0 bridgehead atoms. The van der Waals surface area contributed by atoms with Crippen molar-refractivity contribution in [3.8, 4) is 0 Å². The second kappa shape index (κ2) is 5.12. The van der Waals surface area contributed by atoms with Crippen LogP contribution >= 0.6 is 0 Å². The van der Waals surface area contributed by atoms with Gasteiger partial charge in [0.1, 0.15) is 0 Å². The highest BCUT2D eigenvalue weighted by Gasteiger charge is 2.39. The summed E-state index contributed by atoms with van der Waals surface area (Å²) < 4.78 is 9.96. The highest BCUT2D eigenvalue weighted by atomic mass is 16.6. The summed E-state index contributed by atoms with van der Waals surface area (Å²) in [6.45, 7) is 1.28. The molecule has 0 N–H and O–H groups in total. The molecule has 7 heteroatoms. The van der Waals surface area contributed by atoms with Gasteiger partial charge in [0.25, 0.3) is 5.69 Å². The Morgan fingerprint density at radius 1 is 1.45 bits per heavy atom. The number of non-ortho nitro benzene ring substituents is 1. The van der Waals surface area contributed by atoms with Crippen molar-refractivity contribution in [3.63, 3.8) is 0 Å². The topological polar surface area (TPSA) is 95.7 Å². The van der Waals surface area contributed by atoms with Gasteiger partial charge in [-0.05, 0) is 6.92 Å². The molecule has 1 aliphatic heterocycles. The molecule has 1 atom stereocenters. The van der Waals surface area contributed by atoms with Crippen molar-refractivity contribution in [2.75, 3.05) is 7.11 Å². The molecule has 0 spiro atoms. The van der Waals surface area contributed by atoms with Crippen LogP contribution in [0.1, 0.15) is 18.6 Å². The fourth-order valence-corrected chi connectivity index (χ4v) is 2.02. The molecule has 0 saturated heterocycles. The zero-order chi connectivity index (χ0) is 14.9. The van der Waals surface area contributed by atoms with Crippen LogP contribution in [0, 0.1) is 10.1 Å². The first kappa shape index (κ1) is 13.7. The van der Waals surface area contributed by atoms with Crippen molar-refractivity contribution < 1.29 is 24.0 Å². The zero-order valence-electron chi connectivity index (χ0n) is 10.8. The molecular formula is C13H11NO6. The van der Waals surface area contributed by atoms with Crippen LogP contribution in [0.2, 0.25) is 0 Å². The number of carbonyl (C=O) groups excluding carboxylic acids is 2. The first-order valence-corrected chi connectivity index (χ1v) is 5.70. The van der Waals surface area contributed by atoms with Gasteiger partial charge in [0, 0.05) is 17.7 Å². The molecule has 0 amide bonds. The summed E-state index contributed by atoms with van der Waals surface area (Å²) >= 11 is 0. The van der Waals surface area contributed by atoms with E-state index in [1.807, 2.05) is 0 Å². The lowest BCUT2D eigenvalue weighted by atomic mass is 9.99. The highest BCUT2D eigenvalue weighted by Crippen LogP contribution is 2.36. The van der Waals surface area contributed by atoms with Gasteiger partial charge < -0.3 is 9.47 Å². The van der Waals surface area contributed by atoms with Gasteiger partial charge in [-0.25, -0.2) is 4.79 Å². The zero-order valence-corrected chi connectivity index (χ0v) is 10.8. The first-order valence-electron chi connectivity index (χ1n) is 5.70. The van der Waals surface area contributed by atoms with Crippen LogP contribution in [0.5, 0.6) is 0 Å². The van der Waals surface area contributed by atoms with E-state index in [-0.39, 0.29) is 22.8 Å². The van der Waals surface area contributed by atoms with Gasteiger partial charge >= 0.3 is 5.97 Å². The van der Waals surface area contributed by atoms with E-state index in [9.17, 15) is 19.7 Å². The molecule has 7 nitrogen and oxygen atoms in total. The van der Waals surface area contributed by atoms with Gasteiger partial charge in [-0.15, -0.1) is 0 Å². The van der Waals surface area contributed by atoms with Gasteiger partial charge in [0.05, 0.1) is 17.6 Å². The third-order valence-corrected chi connectivity index (χ3v) is 2.88. The number of hydrogen-bond acceptors (Lipinski definition) is 6. The maximum atomic E-state index is 11.7. The molecule has 0 aliphatic carbocycles. The standard InChI is InChI=1S/C13H11NO6/c1-7(15)10-11(20-13(16)12(10)19-2)8-4-3-5-9(6-8)14(17)18/h3-6,11H,1-2H3. The number of esters is 1. The lowest BCUT2D eigenvalue weighted by molar-refractivity contribution is -0.385. The van der Waals surface area contributed by atoms with E-state index in [1.165, 1.54) is 32.2 Å². The average molecular weight is 277 g/mol. The van der Waals surface area contributed by atoms with E-state index in [0.717, 1.165) is 0 Å². The van der Waals surface area contributed by atoms with E-state index in [1.54, 1.807) is 6.07 Å². The lowest BCUT2D eigenvalue weighted by Crippen LogP contribution is -2.08. The van der Waals surface area contributed by atoms with Crippen molar-refractivity contribution in [2.24, 2.45) is 0 Å². The molecule has 0 saturated carbocycles. The van der Waals surface area contributed by atoms with E-state index >= 15 is 0 Å². The maximum Gasteiger partial charge on any atom is 0.375 e. The number of ketones is 1. The Kier molecular flexibility index (Phi) is 3.51. The number of hydrogen-bond donors (Lipinski definition) is 0. The van der Waals surface area contributed by atoms with E-state index in [2.05, 4.69) is 0 Å². The molecule has 2 rings (SSSR count). The number of benzene rings is 1. The van der Waals surface area contributed by atoms with Crippen molar-refractivity contribution >= 4 is 17.4 Å². The predicted molar refractivity (Wildman–Crippen MR) is 66.6 cm³/mol. The Bertz CT molecular complexity index is 634. The monoisotopic (exact) mass is 277 g/mol. The van der Waals surface area contributed by atoms with Gasteiger partial charge in [-0.3, -0.25) is 14.9 Å². The highest BCUT2D eigenvalue weighted by molar-refractivity contribution is 6.05. The Morgan fingerprint density at radius 2 is 2.15 bits per heavy atom. The molecule has 1 aromatic rings. The minimum atomic E-state index is -0.977. The van der Waals surface area contributed by atoms with Gasteiger partial charge in [0.15, 0.2) is 11.9 Å². The van der Waals surface area contributed by atoms with Crippen LogP contribution in [0.4, 0.5) is 5.69 Å². The van der Waals surface area contributed by atoms with Crippen molar-refractivity contribution in [2.45, 2.75) is 13.0 Å². The van der Waals surface area contributed by atoms with Crippen LogP contribution in [0.15, 0.2) is 35.6 Å². The molecule has 1 unspecified atom stereocenters.